The molecule has 8 nitrogen and oxygen atoms in total. The number of carbonyl (C=O) groups excluding carboxylic acids is 1. The van der Waals surface area contributed by atoms with Gasteiger partial charge in [-0.1, -0.05) is 17.4 Å². The van der Waals surface area contributed by atoms with Gasteiger partial charge in [-0.05, 0) is 65.0 Å². The maximum Gasteiger partial charge on any atom is 0.255 e. The Hall–Kier alpha value is -3.98. The predicted octanol–water partition coefficient (Wildman–Crippen LogP) is 3.59. The number of aromatic nitrogens is 6. The van der Waals surface area contributed by atoms with Crippen molar-refractivity contribution in [1.82, 2.24) is 30.2 Å². The third-order valence-corrected chi connectivity index (χ3v) is 5.31. The molecule has 0 aliphatic heterocycles. The summed E-state index contributed by atoms with van der Waals surface area (Å²) >= 11 is 1.54. The second-order valence-electron chi connectivity index (χ2n) is 6.18. The van der Waals surface area contributed by atoms with Crippen LogP contribution in [-0.2, 0) is 0 Å². The van der Waals surface area contributed by atoms with Crippen LogP contribution < -0.4 is 5.32 Å². The average Bonchev–Trinajstić information content (AvgIpc) is 3.44. The molecule has 5 aromatic rings. The molecule has 0 unspecified atom stereocenters. The molecule has 9 heteroatoms. The normalized spacial score (nSPS) is 10.9. The number of carbonyl (C=O) groups is 1. The van der Waals surface area contributed by atoms with E-state index >= 15 is 0 Å². The van der Waals surface area contributed by atoms with Gasteiger partial charge in [0.15, 0.2) is 0 Å². The lowest BCUT2D eigenvalue weighted by molar-refractivity contribution is 0.102. The number of tetrazole rings is 1. The van der Waals surface area contributed by atoms with Gasteiger partial charge in [-0.3, -0.25) is 4.79 Å². The molecular weight excluding hydrogens is 386 g/mol. The first-order valence-electron chi connectivity index (χ1n) is 8.73. The third-order valence-electron chi connectivity index (χ3n) is 4.28. The van der Waals surface area contributed by atoms with Crippen LogP contribution in [0.25, 0.3) is 26.6 Å². The fourth-order valence-electron chi connectivity index (χ4n) is 2.86. The lowest BCUT2D eigenvalue weighted by Gasteiger charge is -2.07. The number of amides is 1. The number of nitrogens with zero attached hydrogens (tertiary/aromatic N) is 6. The first-order valence-corrected chi connectivity index (χ1v) is 9.55. The molecule has 0 saturated heterocycles. The predicted molar refractivity (Wildman–Crippen MR) is 110 cm³/mol. The highest BCUT2D eigenvalue weighted by Gasteiger charge is 2.10. The van der Waals surface area contributed by atoms with Gasteiger partial charge in [0.1, 0.15) is 21.7 Å². The van der Waals surface area contributed by atoms with Crippen LogP contribution in [0.15, 0.2) is 73.2 Å². The summed E-state index contributed by atoms with van der Waals surface area (Å²) in [6.45, 7) is 0. The van der Waals surface area contributed by atoms with Crippen LogP contribution in [0.5, 0.6) is 0 Å². The number of nitrogens with one attached hydrogen (secondary N) is 1. The Labute approximate surface area is 168 Å². The lowest BCUT2D eigenvalue weighted by atomic mass is 10.1. The van der Waals surface area contributed by atoms with E-state index in [4.69, 9.17) is 0 Å². The highest BCUT2D eigenvalue weighted by atomic mass is 32.1. The molecule has 0 atom stereocenters. The first kappa shape index (κ1) is 17.1. The van der Waals surface area contributed by atoms with Gasteiger partial charge in [-0.25, -0.2) is 14.6 Å². The van der Waals surface area contributed by atoms with Crippen LogP contribution in [-0.4, -0.2) is 36.1 Å². The summed E-state index contributed by atoms with van der Waals surface area (Å²) in [5, 5.41) is 14.9. The molecule has 0 spiro atoms. The van der Waals surface area contributed by atoms with E-state index in [0.717, 1.165) is 20.9 Å². The molecule has 140 valence electrons. The van der Waals surface area contributed by atoms with Crippen molar-refractivity contribution in [3.05, 3.63) is 78.8 Å². The van der Waals surface area contributed by atoms with Crippen molar-refractivity contribution in [2.75, 3.05) is 5.32 Å². The minimum absolute atomic E-state index is 0.211. The zero-order valence-corrected chi connectivity index (χ0v) is 15.7. The zero-order chi connectivity index (χ0) is 19.6. The van der Waals surface area contributed by atoms with E-state index in [1.165, 1.54) is 22.3 Å². The molecule has 0 aliphatic rings. The minimum atomic E-state index is -0.211. The summed E-state index contributed by atoms with van der Waals surface area (Å²) in [7, 11) is 0. The number of hydrogen-bond donors (Lipinski definition) is 1. The van der Waals surface area contributed by atoms with Gasteiger partial charge in [0.25, 0.3) is 5.91 Å². The molecule has 0 radical (unpaired) electrons. The average molecular weight is 399 g/mol. The fraction of sp³-hybridized carbons (Fsp3) is 0. The van der Waals surface area contributed by atoms with Crippen LogP contribution in [0.1, 0.15) is 10.4 Å². The van der Waals surface area contributed by atoms with Gasteiger partial charge in [0.2, 0.25) is 0 Å². The third kappa shape index (κ3) is 3.46. The van der Waals surface area contributed by atoms with Gasteiger partial charge < -0.3 is 5.32 Å². The lowest BCUT2D eigenvalue weighted by Crippen LogP contribution is -2.12. The van der Waals surface area contributed by atoms with Crippen LogP contribution in [0, 0.1) is 0 Å². The molecule has 1 N–H and O–H groups in total. The van der Waals surface area contributed by atoms with E-state index in [0.29, 0.717) is 16.9 Å². The smallest absolute Gasteiger partial charge is 0.255 e. The van der Waals surface area contributed by atoms with E-state index in [1.807, 2.05) is 42.5 Å². The van der Waals surface area contributed by atoms with E-state index in [-0.39, 0.29) is 5.91 Å². The SMILES string of the molecule is O=C(Nc1ccc(-c2nc3cccnc3s2)cc1)c1cccc(-n2cnnn2)c1. The molecule has 0 bridgehead atoms. The Bertz CT molecular complexity index is 1260. The van der Waals surface area contributed by atoms with Crippen molar-refractivity contribution >= 4 is 33.3 Å². The first-order chi connectivity index (χ1) is 14.3. The van der Waals surface area contributed by atoms with Crippen molar-refractivity contribution in [1.29, 1.82) is 0 Å². The molecule has 3 aromatic heterocycles. The highest BCUT2D eigenvalue weighted by Crippen LogP contribution is 2.29. The zero-order valence-electron chi connectivity index (χ0n) is 14.9. The standard InChI is InChI=1S/C20H13N7OS/c28-18(14-3-1-4-16(11-14)27-12-22-25-26-27)23-15-8-6-13(7-9-15)19-24-17-5-2-10-21-20(17)29-19/h1-12H,(H,23,28). The summed E-state index contributed by atoms with van der Waals surface area (Å²) in [6.07, 6.45) is 3.24. The van der Waals surface area contributed by atoms with Gasteiger partial charge in [0.05, 0.1) is 5.69 Å². The molecule has 5 rings (SSSR count). The minimum Gasteiger partial charge on any atom is -0.322 e. The number of thiazole rings is 1. The van der Waals surface area contributed by atoms with Crippen LogP contribution in [0.3, 0.4) is 0 Å². The molecule has 1 amide bonds. The number of fused-ring (bicyclic) bond motifs is 1. The Kier molecular flexibility index (Phi) is 4.26. The summed E-state index contributed by atoms with van der Waals surface area (Å²) in [4.78, 5) is 22.5. The molecule has 3 heterocycles. The Morgan fingerprint density at radius 3 is 2.72 bits per heavy atom. The Morgan fingerprint density at radius 2 is 1.93 bits per heavy atom. The molecule has 2 aromatic carbocycles. The van der Waals surface area contributed by atoms with Gasteiger partial charge in [-0.15, -0.1) is 5.10 Å². The van der Waals surface area contributed by atoms with Crippen molar-refractivity contribution in [2.45, 2.75) is 0 Å². The molecule has 0 saturated carbocycles. The number of rotatable bonds is 4. The maximum absolute atomic E-state index is 12.6. The van der Waals surface area contributed by atoms with Crippen molar-refractivity contribution in [3.8, 4) is 16.3 Å². The molecule has 0 fully saturated rings. The number of pyridine rings is 1. The van der Waals surface area contributed by atoms with E-state index in [9.17, 15) is 4.79 Å². The Balaban J connectivity index is 1.34. The van der Waals surface area contributed by atoms with E-state index in [2.05, 4.69) is 30.8 Å². The topological polar surface area (TPSA) is 98.5 Å². The Morgan fingerprint density at radius 1 is 1.03 bits per heavy atom. The maximum atomic E-state index is 12.6. The molecule has 29 heavy (non-hydrogen) atoms. The van der Waals surface area contributed by atoms with Gasteiger partial charge in [0, 0.05) is 23.0 Å². The van der Waals surface area contributed by atoms with Crippen LogP contribution in [0.2, 0.25) is 0 Å². The molecule has 0 aliphatic carbocycles. The van der Waals surface area contributed by atoms with Crippen molar-refractivity contribution in [2.24, 2.45) is 0 Å². The van der Waals surface area contributed by atoms with Crippen molar-refractivity contribution < 1.29 is 4.79 Å². The summed E-state index contributed by atoms with van der Waals surface area (Å²) in [6, 6.07) is 18.5. The summed E-state index contributed by atoms with van der Waals surface area (Å²) < 4.78 is 1.50. The van der Waals surface area contributed by atoms with Crippen molar-refractivity contribution in [3.63, 3.8) is 0 Å². The van der Waals surface area contributed by atoms with Gasteiger partial charge in [-0.2, -0.15) is 0 Å². The van der Waals surface area contributed by atoms with Gasteiger partial charge >= 0.3 is 0 Å². The molecular formula is C20H13N7OS. The van der Waals surface area contributed by atoms with Crippen LogP contribution in [0.4, 0.5) is 5.69 Å². The quantitative estimate of drug-likeness (QED) is 0.496. The summed E-state index contributed by atoms with van der Waals surface area (Å²) in [5.74, 6) is -0.211. The number of hydrogen-bond acceptors (Lipinski definition) is 7. The monoisotopic (exact) mass is 399 g/mol. The number of benzene rings is 2. The van der Waals surface area contributed by atoms with E-state index in [1.54, 1.807) is 24.4 Å². The van der Waals surface area contributed by atoms with Crippen LogP contribution >= 0.6 is 11.3 Å². The summed E-state index contributed by atoms with van der Waals surface area (Å²) in [5.41, 5.74) is 3.78. The van der Waals surface area contributed by atoms with E-state index < -0.39 is 0 Å². The second-order valence-corrected chi connectivity index (χ2v) is 7.16. The largest absolute Gasteiger partial charge is 0.322 e. The second kappa shape index (κ2) is 7.21. The fourth-order valence-corrected chi connectivity index (χ4v) is 3.77. The number of anilines is 1. The highest BCUT2D eigenvalue weighted by molar-refractivity contribution is 7.21.